The van der Waals surface area contributed by atoms with Crippen LogP contribution in [-0.2, 0) is 10.0 Å². The molecule has 0 atom stereocenters. The summed E-state index contributed by atoms with van der Waals surface area (Å²) >= 11 is 0. The Labute approximate surface area is 121 Å². The Morgan fingerprint density at radius 2 is 2.05 bits per heavy atom. The van der Waals surface area contributed by atoms with E-state index in [0.717, 1.165) is 0 Å². The second-order valence-electron chi connectivity index (χ2n) is 4.36. The van der Waals surface area contributed by atoms with Gasteiger partial charge in [-0.1, -0.05) is 6.07 Å². The van der Waals surface area contributed by atoms with E-state index in [4.69, 9.17) is 5.14 Å². The van der Waals surface area contributed by atoms with Crippen molar-refractivity contribution in [1.82, 2.24) is 4.98 Å². The molecule has 110 valence electrons. The van der Waals surface area contributed by atoms with Gasteiger partial charge in [-0.05, 0) is 30.7 Å². The third kappa shape index (κ3) is 3.36. The number of hydrogen-bond acceptors (Lipinski definition) is 5. The maximum absolute atomic E-state index is 12.0. The molecule has 1 aromatic carbocycles. The monoisotopic (exact) mass is 307 g/mol. The molecule has 2 aromatic rings. The fraction of sp³-hybridized carbons (Fsp3) is 0.0769. The summed E-state index contributed by atoms with van der Waals surface area (Å²) in [4.78, 5) is 15.7. The molecule has 0 bridgehead atoms. The Bertz CT molecular complexity index is 803. The Morgan fingerprint density at radius 3 is 2.67 bits per heavy atom. The summed E-state index contributed by atoms with van der Waals surface area (Å²) < 4.78 is 22.9. The zero-order chi connectivity index (χ0) is 15.6. The lowest BCUT2D eigenvalue weighted by atomic mass is 10.2. The van der Waals surface area contributed by atoms with E-state index in [1.54, 1.807) is 6.07 Å². The van der Waals surface area contributed by atoms with Gasteiger partial charge in [0.05, 0.1) is 16.7 Å². The molecule has 8 heteroatoms. The fourth-order valence-corrected chi connectivity index (χ4v) is 2.61. The van der Waals surface area contributed by atoms with Gasteiger partial charge in [-0.3, -0.25) is 9.78 Å². The Kier molecular flexibility index (Phi) is 3.92. The minimum atomic E-state index is -3.87. The number of aromatic nitrogens is 1. The van der Waals surface area contributed by atoms with E-state index in [-0.39, 0.29) is 16.2 Å². The lowest BCUT2D eigenvalue weighted by Gasteiger charge is -2.11. The highest BCUT2D eigenvalue weighted by Crippen LogP contribution is 2.22. The van der Waals surface area contributed by atoms with Crippen molar-refractivity contribution >= 4 is 21.6 Å². The van der Waals surface area contributed by atoms with Gasteiger partial charge in [0, 0.05) is 11.9 Å². The summed E-state index contributed by atoms with van der Waals surface area (Å²) in [7, 11) is -3.87. The summed E-state index contributed by atoms with van der Waals surface area (Å²) in [5.41, 5.74) is 0.798. The Hall–Kier alpha value is -2.45. The zero-order valence-corrected chi connectivity index (χ0v) is 11.9. The fourth-order valence-electron chi connectivity index (χ4n) is 1.80. The topological polar surface area (TPSA) is 122 Å². The molecule has 0 unspecified atom stereocenters. The van der Waals surface area contributed by atoms with Gasteiger partial charge in [0.25, 0.3) is 5.91 Å². The molecule has 7 nitrogen and oxygen atoms in total. The SMILES string of the molecule is Cc1c(NC(=O)c2cncc(O)c2)cccc1S(N)(=O)=O. The molecule has 0 fully saturated rings. The summed E-state index contributed by atoms with van der Waals surface area (Å²) in [5, 5.41) is 17.0. The van der Waals surface area contributed by atoms with E-state index >= 15 is 0 Å². The molecule has 0 aliphatic heterocycles. The minimum absolute atomic E-state index is 0.0608. The number of nitrogens with two attached hydrogens (primary N) is 1. The van der Waals surface area contributed by atoms with Crippen LogP contribution in [0.25, 0.3) is 0 Å². The van der Waals surface area contributed by atoms with Crippen LogP contribution in [0.1, 0.15) is 15.9 Å². The van der Waals surface area contributed by atoms with Crippen molar-refractivity contribution in [2.45, 2.75) is 11.8 Å². The molecule has 2 rings (SSSR count). The normalized spacial score (nSPS) is 11.1. The molecule has 1 heterocycles. The van der Waals surface area contributed by atoms with E-state index in [0.29, 0.717) is 11.3 Å². The van der Waals surface area contributed by atoms with Crippen molar-refractivity contribution in [3.63, 3.8) is 0 Å². The van der Waals surface area contributed by atoms with Crippen molar-refractivity contribution in [1.29, 1.82) is 0 Å². The smallest absolute Gasteiger partial charge is 0.257 e. The second-order valence-corrected chi connectivity index (χ2v) is 5.89. The number of primary sulfonamides is 1. The molecule has 0 spiro atoms. The molecular formula is C13H13N3O4S. The number of pyridine rings is 1. The maximum atomic E-state index is 12.0. The van der Waals surface area contributed by atoms with Crippen LogP contribution in [0.2, 0.25) is 0 Å². The second kappa shape index (κ2) is 5.51. The number of aromatic hydroxyl groups is 1. The van der Waals surface area contributed by atoms with Gasteiger partial charge in [0.15, 0.2) is 0 Å². The number of carbonyl (C=O) groups is 1. The van der Waals surface area contributed by atoms with Crippen LogP contribution >= 0.6 is 0 Å². The van der Waals surface area contributed by atoms with Crippen LogP contribution < -0.4 is 10.5 Å². The number of carbonyl (C=O) groups excluding carboxylic acids is 1. The highest BCUT2D eigenvalue weighted by Gasteiger charge is 2.15. The molecule has 1 amide bonds. The molecule has 0 radical (unpaired) electrons. The lowest BCUT2D eigenvalue weighted by Crippen LogP contribution is -2.17. The summed E-state index contributed by atoms with van der Waals surface area (Å²) in [5.74, 6) is -0.661. The van der Waals surface area contributed by atoms with E-state index in [1.165, 1.54) is 37.5 Å². The van der Waals surface area contributed by atoms with Crippen LogP contribution in [0, 0.1) is 6.92 Å². The Morgan fingerprint density at radius 1 is 1.33 bits per heavy atom. The average Bonchev–Trinajstić information content (AvgIpc) is 2.39. The van der Waals surface area contributed by atoms with E-state index in [2.05, 4.69) is 10.3 Å². The molecule has 21 heavy (non-hydrogen) atoms. The average molecular weight is 307 g/mol. The maximum Gasteiger partial charge on any atom is 0.257 e. The number of sulfonamides is 1. The van der Waals surface area contributed by atoms with Gasteiger partial charge in [0.1, 0.15) is 5.75 Å². The first kappa shape index (κ1) is 14.9. The summed E-state index contributed by atoms with van der Waals surface area (Å²) in [6, 6.07) is 5.64. The zero-order valence-electron chi connectivity index (χ0n) is 11.1. The van der Waals surface area contributed by atoms with Crippen LogP contribution in [-0.4, -0.2) is 24.4 Å². The largest absolute Gasteiger partial charge is 0.506 e. The van der Waals surface area contributed by atoms with Crippen molar-refractivity contribution in [2.75, 3.05) is 5.32 Å². The highest BCUT2D eigenvalue weighted by molar-refractivity contribution is 7.89. The third-order valence-corrected chi connectivity index (χ3v) is 3.88. The number of nitrogens with one attached hydrogen (secondary N) is 1. The molecule has 0 saturated heterocycles. The van der Waals surface area contributed by atoms with Crippen molar-refractivity contribution in [3.8, 4) is 5.75 Å². The molecule has 4 N–H and O–H groups in total. The quantitative estimate of drug-likeness (QED) is 0.780. The number of nitrogens with zero attached hydrogens (tertiary/aromatic N) is 1. The van der Waals surface area contributed by atoms with Gasteiger partial charge >= 0.3 is 0 Å². The first-order valence-corrected chi connectivity index (χ1v) is 7.41. The molecule has 0 aliphatic carbocycles. The van der Waals surface area contributed by atoms with Crippen molar-refractivity contribution < 1.29 is 18.3 Å². The number of anilines is 1. The molecular weight excluding hydrogens is 294 g/mol. The molecule has 0 saturated carbocycles. The molecule has 1 aromatic heterocycles. The number of rotatable bonds is 3. The minimum Gasteiger partial charge on any atom is -0.506 e. The Balaban J connectivity index is 2.35. The predicted molar refractivity (Wildman–Crippen MR) is 76.4 cm³/mol. The first-order chi connectivity index (χ1) is 9.79. The standard InChI is InChI=1S/C13H13N3O4S/c1-8-11(3-2-4-12(8)21(14,19)20)16-13(18)9-5-10(17)7-15-6-9/h2-7,17H,1H3,(H,16,18)(H2,14,19,20). The van der Waals surface area contributed by atoms with E-state index in [9.17, 15) is 18.3 Å². The van der Waals surface area contributed by atoms with Gasteiger partial charge in [-0.25, -0.2) is 13.6 Å². The van der Waals surface area contributed by atoms with E-state index < -0.39 is 15.9 Å². The third-order valence-electron chi connectivity index (χ3n) is 2.82. The van der Waals surface area contributed by atoms with Gasteiger partial charge < -0.3 is 10.4 Å². The lowest BCUT2D eigenvalue weighted by molar-refractivity contribution is 0.102. The van der Waals surface area contributed by atoms with Gasteiger partial charge in [-0.2, -0.15) is 0 Å². The molecule has 0 aliphatic rings. The van der Waals surface area contributed by atoms with Gasteiger partial charge in [-0.15, -0.1) is 0 Å². The highest BCUT2D eigenvalue weighted by atomic mass is 32.2. The number of amides is 1. The van der Waals surface area contributed by atoms with Crippen LogP contribution in [0.15, 0.2) is 41.6 Å². The first-order valence-electron chi connectivity index (χ1n) is 5.87. The number of hydrogen-bond donors (Lipinski definition) is 3. The van der Waals surface area contributed by atoms with Crippen molar-refractivity contribution in [3.05, 3.63) is 47.8 Å². The number of benzene rings is 1. The van der Waals surface area contributed by atoms with E-state index in [1.807, 2.05) is 0 Å². The predicted octanol–water partition coefficient (Wildman–Crippen LogP) is 0.995. The van der Waals surface area contributed by atoms with Crippen LogP contribution in [0.4, 0.5) is 5.69 Å². The van der Waals surface area contributed by atoms with Crippen molar-refractivity contribution in [2.24, 2.45) is 5.14 Å². The summed E-state index contributed by atoms with van der Waals surface area (Å²) in [6.07, 6.45) is 2.48. The summed E-state index contributed by atoms with van der Waals surface area (Å²) in [6.45, 7) is 1.54. The van der Waals surface area contributed by atoms with Crippen LogP contribution in [0.5, 0.6) is 5.75 Å². The van der Waals surface area contributed by atoms with Gasteiger partial charge in [0.2, 0.25) is 10.0 Å². The van der Waals surface area contributed by atoms with Crippen LogP contribution in [0.3, 0.4) is 0 Å².